The lowest BCUT2D eigenvalue weighted by Crippen LogP contribution is -2.44. The molecule has 10 nitrogen and oxygen atoms in total. The number of anilines is 1. The van der Waals surface area contributed by atoms with E-state index in [2.05, 4.69) is 10.0 Å². The number of carbonyl (C=O) groups excluding carboxylic acids is 1. The van der Waals surface area contributed by atoms with Gasteiger partial charge in [0.25, 0.3) is 21.6 Å². The molecule has 1 atom stereocenters. The van der Waals surface area contributed by atoms with Crippen LogP contribution >= 0.6 is 0 Å². The average molecular weight is 512 g/mol. The summed E-state index contributed by atoms with van der Waals surface area (Å²) in [5.74, 6) is -1.92. The molecule has 0 bridgehead atoms. The first-order valence-corrected chi connectivity index (χ1v) is 12.4. The van der Waals surface area contributed by atoms with Crippen LogP contribution in [-0.2, 0) is 14.8 Å². The molecule has 3 N–H and O–H groups in total. The maximum Gasteiger partial charge on any atom is 0.326 e. The molecule has 0 aromatic heterocycles. The fourth-order valence-corrected chi connectivity index (χ4v) is 4.83. The molecule has 3 aromatic carbocycles. The highest BCUT2D eigenvalue weighted by Crippen LogP contribution is 2.27. The van der Waals surface area contributed by atoms with Crippen LogP contribution in [0.2, 0.25) is 0 Å². The van der Waals surface area contributed by atoms with E-state index in [1.807, 2.05) is 0 Å². The minimum atomic E-state index is -4.10. The van der Waals surface area contributed by atoms with Crippen LogP contribution in [0.1, 0.15) is 29.8 Å². The van der Waals surface area contributed by atoms with Crippen molar-refractivity contribution in [3.63, 3.8) is 0 Å². The van der Waals surface area contributed by atoms with Gasteiger partial charge in [0.2, 0.25) is 0 Å². The van der Waals surface area contributed by atoms with Crippen LogP contribution in [0.25, 0.3) is 11.1 Å². The average Bonchev–Trinajstić information content (AvgIpc) is 2.82. The van der Waals surface area contributed by atoms with E-state index in [4.69, 9.17) is 0 Å². The van der Waals surface area contributed by atoms with Crippen molar-refractivity contribution in [1.82, 2.24) is 5.32 Å². The molecule has 3 rings (SSSR count). The molecule has 0 saturated heterocycles. The normalized spacial score (nSPS) is 12.1. The number of aliphatic carboxylic acids is 1. The topological polar surface area (TPSA) is 156 Å². The number of nitrogens with zero attached hydrogens (tertiary/aromatic N) is 1. The number of amides is 1. The smallest absolute Gasteiger partial charge is 0.326 e. The van der Waals surface area contributed by atoms with Crippen LogP contribution in [-0.4, -0.2) is 36.4 Å². The van der Waals surface area contributed by atoms with E-state index in [1.54, 1.807) is 69.3 Å². The van der Waals surface area contributed by atoms with E-state index < -0.39 is 32.9 Å². The number of hydrogen-bond acceptors (Lipinski definition) is 6. The van der Waals surface area contributed by atoms with Crippen LogP contribution in [0.4, 0.5) is 11.4 Å². The van der Waals surface area contributed by atoms with Gasteiger partial charge in [-0.25, -0.2) is 13.2 Å². The van der Waals surface area contributed by atoms with Crippen molar-refractivity contribution >= 4 is 33.3 Å². The van der Waals surface area contributed by atoms with Crippen molar-refractivity contribution in [1.29, 1.82) is 0 Å². The minimum absolute atomic E-state index is 0.196. The third-order valence-corrected chi connectivity index (χ3v) is 7.01. The summed E-state index contributed by atoms with van der Waals surface area (Å²) in [6.07, 6.45) is 0. The lowest BCUT2D eigenvalue weighted by atomic mass is 10.0. The molecule has 3 aromatic rings. The molecular formula is C25H25N3O7S. The van der Waals surface area contributed by atoms with Gasteiger partial charge in [0, 0.05) is 23.4 Å². The van der Waals surface area contributed by atoms with Crippen LogP contribution in [0.15, 0.2) is 71.6 Å². The predicted molar refractivity (Wildman–Crippen MR) is 134 cm³/mol. The summed E-state index contributed by atoms with van der Waals surface area (Å²) in [5, 5.41) is 22.8. The number of carboxylic acids is 1. The molecule has 0 aliphatic carbocycles. The highest BCUT2D eigenvalue weighted by Gasteiger charge is 2.24. The number of hydrogen-bond donors (Lipinski definition) is 3. The zero-order chi connectivity index (χ0) is 26.6. The molecule has 11 heteroatoms. The predicted octanol–water partition coefficient (Wildman–Crippen LogP) is 4.21. The summed E-state index contributed by atoms with van der Waals surface area (Å²) in [6, 6.07) is 15.6. The van der Waals surface area contributed by atoms with Crippen molar-refractivity contribution in [2.45, 2.75) is 31.7 Å². The van der Waals surface area contributed by atoms with Crippen LogP contribution in [0.5, 0.6) is 0 Å². The first-order valence-electron chi connectivity index (χ1n) is 10.9. The highest BCUT2D eigenvalue weighted by molar-refractivity contribution is 7.92. The Hall–Kier alpha value is -4.25. The Kier molecular flexibility index (Phi) is 7.74. The summed E-state index contributed by atoms with van der Waals surface area (Å²) in [7, 11) is -4.10. The van der Waals surface area contributed by atoms with Crippen LogP contribution in [0, 0.1) is 23.0 Å². The number of carboxylic acid groups (broad SMARTS) is 1. The fourth-order valence-electron chi connectivity index (χ4n) is 3.52. The molecule has 0 heterocycles. The Morgan fingerprint density at radius 3 is 2.22 bits per heavy atom. The van der Waals surface area contributed by atoms with Crippen molar-refractivity contribution in [3.05, 3.63) is 88.0 Å². The number of nitro benzene ring substituents is 1. The maximum atomic E-state index is 12.9. The monoisotopic (exact) mass is 511 g/mol. The summed E-state index contributed by atoms with van der Waals surface area (Å²) in [4.78, 5) is 34.0. The van der Waals surface area contributed by atoms with E-state index in [1.165, 1.54) is 12.1 Å². The summed E-state index contributed by atoms with van der Waals surface area (Å²) >= 11 is 0. The fraction of sp³-hybridized carbons (Fsp3) is 0.200. The molecule has 0 aliphatic heterocycles. The maximum absolute atomic E-state index is 12.9. The Morgan fingerprint density at radius 2 is 1.64 bits per heavy atom. The third-order valence-electron chi connectivity index (χ3n) is 5.49. The second-order valence-electron chi connectivity index (χ2n) is 8.50. The van der Waals surface area contributed by atoms with Gasteiger partial charge in [-0.2, -0.15) is 0 Å². The Labute approximate surface area is 208 Å². The van der Waals surface area contributed by atoms with Crippen LogP contribution in [0.3, 0.4) is 0 Å². The van der Waals surface area contributed by atoms with E-state index in [9.17, 15) is 33.2 Å². The first-order chi connectivity index (χ1) is 16.9. The standard InChI is InChI=1S/C25H25N3O7S/c1-15(2)23(25(30)31)26-24(29)18-10-8-17(9-11-18)19-5-4-6-20(13-19)27-36(34,35)22-14-21(28(32)33)12-7-16(22)3/h4-15,23,27H,1-3H3,(H,26,29)(H,30,31)/t23-/m0/s1. The van der Waals surface area contributed by atoms with E-state index in [0.717, 1.165) is 6.07 Å². The number of benzene rings is 3. The van der Waals surface area contributed by atoms with Gasteiger partial charge in [-0.1, -0.05) is 44.2 Å². The van der Waals surface area contributed by atoms with Gasteiger partial charge in [-0.3, -0.25) is 19.6 Å². The van der Waals surface area contributed by atoms with E-state index in [-0.39, 0.29) is 27.8 Å². The number of sulfonamides is 1. The molecule has 1 amide bonds. The molecule has 0 fully saturated rings. The number of rotatable bonds is 9. The molecule has 0 spiro atoms. The van der Waals surface area contributed by atoms with Gasteiger partial charge in [-0.15, -0.1) is 0 Å². The van der Waals surface area contributed by atoms with Crippen molar-refractivity contribution < 1.29 is 28.0 Å². The quantitative estimate of drug-likeness (QED) is 0.287. The Bertz CT molecular complexity index is 1420. The number of aryl methyl sites for hydroxylation is 1. The highest BCUT2D eigenvalue weighted by atomic mass is 32.2. The Balaban J connectivity index is 1.82. The van der Waals surface area contributed by atoms with Gasteiger partial charge in [0.05, 0.1) is 9.82 Å². The van der Waals surface area contributed by atoms with Gasteiger partial charge < -0.3 is 10.4 Å². The number of carbonyl (C=O) groups is 2. The van der Waals surface area contributed by atoms with Crippen molar-refractivity contribution in [2.75, 3.05) is 4.72 Å². The molecule has 0 radical (unpaired) electrons. The number of non-ortho nitro benzene ring substituents is 1. The second-order valence-corrected chi connectivity index (χ2v) is 10.2. The first kappa shape index (κ1) is 26.4. The third kappa shape index (κ3) is 6.05. The van der Waals surface area contributed by atoms with Gasteiger partial charge in [0.15, 0.2) is 0 Å². The molecule has 36 heavy (non-hydrogen) atoms. The van der Waals surface area contributed by atoms with Gasteiger partial charge in [0.1, 0.15) is 6.04 Å². The van der Waals surface area contributed by atoms with Gasteiger partial charge in [-0.05, 0) is 53.8 Å². The molecule has 188 valence electrons. The largest absolute Gasteiger partial charge is 0.480 e. The zero-order valence-corrected chi connectivity index (χ0v) is 20.6. The molecule has 0 saturated carbocycles. The lowest BCUT2D eigenvalue weighted by molar-refractivity contribution is -0.385. The van der Waals surface area contributed by atoms with E-state index >= 15 is 0 Å². The number of nitro groups is 1. The van der Waals surface area contributed by atoms with Crippen molar-refractivity contribution in [3.8, 4) is 11.1 Å². The van der Waals surface area contributed by atoms with Crippen molar-refractivity contribution in [2.24, 2.45) is 5.92 Å². The summed E-state index contributed by atoms with van der Waals surface area (Å²) in [6.45, 7) is 4.94. The molecule has 0 aliphatic rings. The number of nitrogens with one attached hydrogen (secondary N) is 2. The summed E-state index contributed by atoms with van der Waals surface area (Å²) < 4.78 is 28.3. The SMILES string of the molecule is Cc1ccc([N+](=O)[O-])cc1S(=O)(=O)Nc1cccc(-c2ccc(C(=O)N[C@H](C(=O)O)C(C)C)cc2)c1. The Morgan fingerprint density at radius 1 is 0.972 bits per heavy atom. The van der Waals surface area contributed by atoms with Gasteiger partial charge >= 0.3 is 5.97 Å². The second kappa shape index (κ2) is 10.6. The van der Waals surface area contributed by atoms with E-state index in [0.29, 0.717) is 16.7 Å². The summed E-state index contributed by atoms with van der Waals surface area (Å²) in [5.41, 5.74) is 1.91. The molecule has 0 unspecified atom stereocenters. The molecular weight excluding hydrogens is 486 g/mol. The lowest BCUT2D eigenvalue weighted by Gasteiger charge is -2.18. The minimum Gasteiger partial charge on any atom is -0.480 e. The zero-order valence-electron chi connectivity index (χ0n) is 19.8. The van der Waals surface area contributed by atoms with Crippen LogP contribution < -0.4 is 10.0 Å².